The Hall–Kier alpha value is -2.86. The van der Waals surface area contributed by atoms with Crippen molar-refractivity contribution in [2.75, 3.05) is 19.7 Å². The molecule has 1 atom stereocenters. The smallest absolute Gasteiger partial charge is 0.251 e. The quantitative estimate of drug-likeness (QED) is 0.683. The molecular weight excluding hydrogens is 366 g/mol. The maximum absolute atomic E-state index is 12.5. The molecule has 2 fully saturated rings. The molecule has 0 aliphatic carbocycles. The monoisotopic (exact) mass is 391 g/mol. The second-order valence-electron chi connectivity index (χ2n) is 7.78. The number of fused-ring (bicyclic) bond motifs is 1. The minimum atomic E-state index is -0.221. The number of likely N-dealkylation sites (tertiary alicyclic amines) is 1. The number of aromatic nitrogens is 2. The van der Waals surface area contributed by atoms with Crippen LogP contribution >= 0.6 is 0 Å². The van der Waals surface area contributed by atoms with E-state index in [1.54, 1.807) is 6.20 Å². The maximum Gasteiger partial charge on any atom is 0.251 e. The van der Waals surface area contributed by atoms with Crippen molar-refractivity contribution in [2.45, 2.75) is 37.9 Å². The summed E-state index contributed by atoms with van der Waals surface area (Å²) in [6.45, 7) is 2.20. The van der Waals surface area contributed by atoms with Crippen LogP contribution in [0.25, 0.3) is 16.8 Å². The molecular formula is C23H25N3O3. The van der Waals surface area contributed by atoms with Gasteiger partial charge in [0.25, 0.3) is 5.91 Å². The molecule has 2 aliphatic heterocycles. The summed E-state index contributed by atoms with van der Waals surface area (Å²) in [6, 6.07) is 12.3. The lowest BCUT2D eigenvalue weighted by Gasteiger charge is -2.33. The van der Waals surface area contributed by atoms with Crippen LogP contribution in [0.1, 0.15) is 25.7 Å². The van der Waals surface area contributed by atoms with E-state index in [2.05, 4.69) is 29.4 Å². The molecule has 5 rings (SSSR count). The standard InChI is InChI=1S/C23H25N3O3/c27-23(21-2-1-15-28-21)25-12-9-20(10-13-25)29-19-6-3-17(4-7-19)18-5-8-22-24-11-14-26(22)16-18/h3-8,11,14,16,20-21H,1-2,9-10,12-13,15H2/t21-/m1/s1. The van der Waals surface area contributed by atoms with E-state index in [0.29, 0.717) is 6.61 Å². The molecule has 2 aliphatic rings. The number of benzene rings is 1. The number of hydrogen-bond donors (Lipinski definition) is 0. The fourth-order valence-corrected chi connectivity index (χ4v) is 4.18. The van der Waals surface area contributed by atoms with Gasteiger partial charge in [-0.25, -0.2) is 4.98 Å². The summed E-state index contributed by atoms with van der Waals surface area (Å²) in [7, 11) is 0. The van der Waals surface area contributed by atoms with Gasteiger partial charge in [-0.1, -0.05) is 12.1 Å². The third-order valence-electron chi connectivity index (χ3n) is 5.84. The van der Waals surface area contributed by atoms with Gasteiger partial charge in [-0.05, 0) is 48.2 Å². The van der Waals surface area contributed by atoms with Crippen molar-refractivity contribution in [1.29, 1.82) is 0 Å². The summed E-state index contributed by atoms with van der Waals surface area (Å²) in [5, 5.41) is 0. The normalized spacial score (nSPS) is 20.3. The van der Waals surface area contributed by atoms with Crippen molar-refractivity contribution in [3.63, 3.8) is 0 Å². The number of amides is 1. The van der Waals surface area contributed by atoms with Crippen LogP contribution in [0.2, 0.25) is 0 Å². The summed E-state index contributed by atoms with van der Waals surface area (Å²) in [6.07, 6.45) is 9.33. The van der Waals surface area contributed by atoms with Gasteiger partial charge in [0, 0.05) is 51.1 Å². The molecule has 2 aromatic heterocycles. The Bertz CT molecular complexity index is 984. The highest BCUT2D eigenvalue weighted by molar-refractivity contribution is 5.81. The van der Waals surface area contributed by atoms with Crippen molar-refractivity contribution in [1.82, 2.24) is 14.3 Å². The van der Waals surface area contributed by atoms with Crippen molar-refractivity contribution >= 4 is 11.6 Å². The predicted molar refractivity (Wildman–Crippen MR) is 110 cm³/mol. The number of rotatable bonds is 4. The highest BCUT2D eigenvalue weighted by Gasteiger charge is 2.31. The zero-order valence-corrected chi connectivity index (χ0v) is 16.4. The van der Waals surface area contributed by atoms with Gasteiger partial charge in [0.1, 0.15) is 23.6 Å². The molecule has 0 radical (unpaired) electrons. The Balaban J connectivity index is 1.18. The van der Waals surface area contributed by atoms with Crippen LogP contribution in [0.4, 0.5) is 0 Å². The van der Waals surface area contributed by atoms with E-state index in [9.17, 15) is 4.79 Å². The van der Waals surface area contributed by atoms with Crippen LogP contribution in [0.3, 0.4) is 0 Å². The lowest BCUT2D eigenvalue weighted by Crippen LogP contribution is -2.45. The number of imidazole rings is 1. The Morgan fingerprint density at radius 2 is 1.83 bits per heavy atom. The lowest BCUT2D eigenvalue weighted by molar-refractivity contribution is -0.142. The SMILES string of the molecule is O=C([C@H]1CCCO1)N1CCC(Oc2ccc(-c3ccc4nccn4c3)cc2)CC1. The van der Waals surface area contributed by atoms with Gasteiger partial charge in [-0.3, -0.25) is 4.79 Å². The molecule has 0 N–H and O–H groups in total. The third-order valence-corrected chi connectivity index (χ3v) is 5.84. The van der Waals surface area contributed by atoms with Gasteiger partial charge in [0.05, 0.1) is 0 Å². The fraction of sp³-hybridized carbons (Fsp3) is 0.391. The molecule has 0 saturated carbocycles. The average Bonchev–Trinajstić information content (AvgIpc) is 3.46. The molecule has 0 spiro atoms. The molecule has 150 valence electrons. The van der Waals surface area contributed by atoms with Crippen LogP contribution in [0.15, 0.2) is 55.0 Å². The van der Waals surface area contributed by atoms with Crippen LogP contribution in [-0.2, 0) is 9.53 Å². The van der Waals surface area contributed by atoms with E-state index >= 15 is 0 Å². The number of carbonyl (C=O) groups excluding carboxylic acids is 1. The van der Waals surface area contributed by atoms with Crippen LogP contribution in [-0.4, -0.2) is 52.1 Å². The fourth-order valence-electron chi connectivity index (χ4n) is 4.18. The highest BCUT2D eigenvalue weighted by atomic mass is 16.5. The Morgan fingerprint density at radius 1 is 1.03 bits per heavy atom. The Kier molecular flexibility index (Phi) is 4.94. The first-order valence-corrected chi connectivity index (χ1v) is 10.4. The summed E-state index contributed by atoms with van der Waals surface area (Å²) >= 11 is 0. The van der Waals surface area contributed by atoms with Gasteiger partial charge in [0.15, 0.2) is 0 Å². The number of carbonyl (C=O) groups is 1. The summed E-state index contributed by atoms with van der Waals surface area (Å²) in [5.41, 5.74) is 3.23. The van der Waals surface area contributed by atoms with E-state index in [-0.39, 0.29) is 18.1 Å². The minimum absolute atomic E-state index is 0.150. The first-order valence-electron chi connectivity index (χ1n) is 10.4. The van der Waals surface area contributed by atoms with Crippen LogP contribution in [0, 0.1) is 0 Å². The van der Waals surface area contributed by atoms with Gasteiger partial charge >= 0.3 is 0 Å². The van der Waals surface area contributed by atoms with E-state index in [1.165, 1.54) is 0 Å². The second kappa shape index (κ2) is 7.87. The Morgan fingerprint density at radius 3 is 2.59 bits per heavy atom. The number of hydrogen-bond acceptors (Lipinski definition) is 4. The average molecular weight is 391 g/mol. The third kappa shape index (κ3) is 3.85. The molecule has 0 unspecified atom stereocenters. The zero-order valence-electron chi connectivity index (χ0n) is 16.4. The molecule has 4 heterocycles. The van der Waals surface area contributed by atoms with E-state index in [0.717, 1.165) is 61.3 Å². The molecule has 29 heavy (non-hydrogen) atoms. The van der Waals surface area contributed by atoms with Gasteiger partial charge in [-0.2, -0.15) is 0 Å². The number of nitrogens with zero attached hydrogens (tertiary/aromatic N) is 3. The molecule has 3 aromatic rings. The van der Waals surface area contributed by atoms with Crippen molar-refractivity contribution in [3.8, 4) is 16.9 Å². The zero-order chi connectivity index (χ0) is 19.6. The van der Waals surface area contributed by atoms with Gasteiger partial charge in [-0.15, -0.1) is 0 Å². The number of piperidine rings is 1. The topological polar surface area (TPSA) is 56.1 Å². The van der Waals surface area contributed by atoms with Crippen LogP contribution in [0.5, 0.6) is 5.75 Å². The van der Waals surface area contributed by atoms with E-state index in [4.69, 9.17) is 9.47 Å². The van der Waals surface area contributed by atoms with E-state index in [1.807, 2.05) is 33.7 Å². The summed E-state index contributed by atoms with van der Waals surface area (Å²) in [4.78, 5) is 18.7. The van der Waals surface area contributed by atoms with E-state index < -0.39 is 0 Å². The highest BCUT2D eigenvalue weighted by Crippen LogP contribution is 2.25. The molecule has 6 nitrogen and oxygen atoms in total. The van der Waals surface area contributed by atoms with Crippen molar-refractivity contribution in [3.05, 3.63) is 55.0 Å². The molecule has 2 saturated heterocycles. The first-order chi connectivity index (χ1) is 14.3. The summed E-state index contributed by atoms with van der Waals surface area (Å²) in [5.74, 6) is 1.03. The second-order valence-corrected chi connectivity index (χ2v) is 7.78. The molecule has 1 aromatic carbocycles. The summed E-state index contributed by atoms with van der Waals surface area (Å²) < 4.78 is 13.7. The largest absolute Gasteiger partial charge is 0.490 e. The van der Waals surface area contributed by atoms with Crippen LogP contribution < -0.4 is 4.74 Å². The molecule has 1 amide bonds. The maximum atomic E-state index is 12.5. The number of ether oxygens (including phenoxy) is 2. The van der Waals surface area contributed by atoms with Gasteiger partial charge < -0.3 is 18.8 Å². The Labute approximate surface area is 170 Å². The molecule has 6 heteroatoms. The predicted octanol–water partition coefficient (Wildman–Crippen LogP) is 3.55. The first kappa shape index (κ1) is 18.2. The number of pyridine rings is 1. The lowest BCUT2D eigenvalue weighted by atomic mass is 10.1. The van der Waals surface area contributed by atoms with Crippen molar-refractivity contribution < 1.29 is 14.3 Å². The molecule has 0 bridgehead atoms. The van der Waals surface area contributed by atoms with Crippen molar-refractivity contribution in [2.24, 2.45) is 0 Å². The minimum Gasteiger partial charge on any atom is -0.490 e. The van der Waals surface area contributed by atoms with Gasteiger partial charge in [0.2, 0.25) is 0 Å².